The largest absolute Gasteiger partial charge is 0.375 e. The standard InChI is InChI=1S/C14H19N3OS/c1-5-9(3)17-10(4)6-8(2)12(13(17)18)11-7-19-14(15)16-11/h6-7,9H,5H2,1-4H3,(H2,15,16). The zero-order chi connectivity index (χ0) is 14.2. The highest BCUT2D eigenvalue weighted by molar-refractivity contribution is 7.13. The number of pyridine rings is 1. The van der Waals surface area contributed by atoms with Crippen LogP contribution >= 0.6 is 11.3 Å². The number of hydrogen-bond acceptors (Lipinski definition) is 4. The first-order valence-electron chi connectivity index (χ1n) is 6.39. The molecule has 0 aliphatic carbocycles. The molecular weight excluding hydrogens is 258 g/mol. The number of aryl methyl sites for hydroxylation is 2. The summed E-state index contributed by atoms with van der Waals surface area (Å²) in [7, 11) is 0. The van der Waals surface area contributed by atoms with Crippen LogP contribution < -0.4 is 11.3 Å². The van der Waals surface area contributed by atoms with Gasteiger partial charge in [-0.05, 0) is 38.8 Å². The highest BCUT2D eigenvalue weighted by Gasteiger charge is 2.17. The Bertz CT molecular complexity index is 657. The van der Waals surface area contributed by atoms with Gasteiger partial charge in [0.15, 0.2) is 5.13 Å². The van der Waals surface area contributed by atoms with Crippen LogP contribution in [0.4, 0.5) is 5.13 Å². The summed E-state index contributed by atoms with van der Waals surface area (Å²) in [5, 5.41) is 2.33. The predicted molar refractivity (Wildman–Crippen MR) is 80.7 cm³/mol. The van der Waals surface area contributed by atoms with Crippen molar-refractivity contribution in [2.75, 3.05) is 5.73 Å². The Labute approximate surface area is 116 Å². The zero-order valence-electron chi connectivity index (χ0n) is 11.7. The predicted octanol–water partition coefficient (Wildman–Crippen LogP) is 3.14. The van der Waals surface area contributed by atoms with Crippen molar-refractivity contribution in [1.29, 1.82) is 0 Å². The van der Waals surface area contributed by atoms with Gasteiger partial charge in [0.25, 0.3) is 5.56 Å². The average molecular weight is 277 g/mol. The van der Waals surface area contributed by atoms with Gasteiger partial charge in [-0.1, -0.05) is 6.92 Å². The number of hydrogen-bond donors (Lipinski definition) is 1. The van der Waals surface area contributed by atoms with Crippen molar-refractivity contribution in [1.82, 2.24) is 9.55 Å². The molecule has 1 unspecified atom stereocenters. The lowest BCUT2D eigenvalue weighted by Crippen LogP contribution is -2.27. The molecule has 0 fully saturated rings. The summed E-state index contributed by atoms with van der Waals surface area (Å²) in [4.78, 5) is 16.9. The van der Waals surface area contributed by atoms with Gasteiger partial charge in [0.1, 0.15) is 0 Å². The Kier molecular flexibility index (Phi) is 3.75. The summed E-state index contributed by atoms with van der Waals surface area (Å²) in [6, 6.07) is 2.22. The average Bonchev–Trinajstić information content (AvgIpc) is 2.74. The van der Waals surface area contributed by atoms with E-state index in [0.717, 1.165) is 17.7 Å². The maximum absolute atomic E-state index is 12.7. The molecule has 2 N–H and O–H groups in total. The Balaban J connectivity index is 2.72. The van der Waals surface area contributed by atoms with E-state index in [1.165, 1.54) is 11.3 Å². The van der Waals surface area contributed by atoms with Crippen LogP contribution in [0.15, 0.2) is 16.2 Å². The minimum absolute atomic E-state index is 0.0251. The van der Waals surface area contributed by atoms with Crippen LogP contribution in [0.1, 0.15) is 37.6 Å². The topological polar surface area (TPSA) is 60.9 Å². The second-order valence-corrected chi connectivity index (χ2v) is 5.74. The molecule has 1 atom stereocenters. The summed E-state index contributed by atoms with van der Waals surface area (Å²) >= 11 is 1.36. The molecule has 102 valence electrons. The first kappa shape index (κ1) is 13.8. The van der Waals surface area contributed by atoms with E-state index in [1.54, 1.807) is 0 Å². The lowest BCUT2D eigenvalue weighted by molar-refractivity contribution is 0.503. The molecular formula is C14H19N3OS. The van der Waals surface area contributed by atoms with Crippen LogP contribution in [0.2, 0.25) is 0 Å². The lowest BCUT2D eigenvalue weighted by Gasteiger charge is -2.18. The van der Waals surface area contributed by atoms with Crippen molar-refractivity contribution in [2.45, 2.75) is 40.2 Å². The van der Waals surface area contributed by atoms with Crippen molar-refractivity contribution in [3.05, 3.63) is 33.1 Å². The van der Waals surface area contributed by atoms with Gasteiger partial charge in [0.05, 0.1) is 11.3 Å². The normalized spacial score (nSPS) is 12.6. The maximum atomic E-state index is 12.7. The van der Waals surface area contributed by atoms with E-state index in [2.05, 4.69) is 18.8 Å². The number of nitrogens with zero attached hydrogens (tertiary/aromatic N) is 2. The second kappa shape index (κ2) is 5.17. The smallest absolute Gasteiger partial charge is 0.260 e. The number of thiazole rings is 1. The first-order valence-corrected chi connectivity index (χ1v) is 7.27. The Morgan fingerprint density at radius 3 is 2.68 bits per heavy atom. The monoisotopic (exact) mass is 277 g/mol. The highest BCUT2D eigenvalue weighted by Crippen LogP contribution is 2.25. The molecule has 0 spiro atoms. The van der Waals surface area contributed by atoms with Crippen molar-refractivity contribution in [2.24, 2.45) is 0 Å². The molecule has 0 saturated heterocycles. The van der Waals surface area contributed by atoms with Crippen molar-refractivity contribution < 1.29 is 0 Å². The number of aromatic nitrogens is 2. The van der Waals surface area contributed by atoms with E-state index in [1.807, 2.05) is 29.9 Å². The Morgan fingerprint density at radius 2 is 2.16 bits per heavy atom. The highest BCUT2D eigenvalue weighted by atomic mass is 32.1. The summed E-state index contributed by atoms with van der Waals surface area (Å²) in [6.07, 6.45) is 0.919. The maximum Gasteiger partial charge on any atom is 0.260 e. The van der Waals surface area contributed by atoms with Crippen molar-refractivity contribution in [3.63, 3.8) is 0 Å². The molecule has 0 aliphatic heterocycles. The molecule has 0 amide bonds. The van der Waals surface area contributed by atoms with Crippen molar-refractivity contribution in [3.8, 4) is 11.3 Å². The third-order valence-corrected chi connectivity index (χ3v) is 4.12. The first-order chi connectivity index (χ1) is 8.95. The third-order valence-electron chi connectivity index (χ3n) is 3.44. The van der Waals surface area contributed by atoms with E-state index < -0.39 is 0 Å². The zero-order valence-corrected chi connectivity index (χ0v) is 12.5. The minimum Gasteiger partial charge on any atom is -0.375 e. The lowest BCUT2D eigenvalue weighted by atomic mass is 10.1. The van der Waals surface area contributed by atoms with E-state index >= 15 is 0 Å². The van der Waals surface area contributed by atoms with Crippen LogP contribution in [-0.2, 0) is 0 Å². The van der Waals surface area contributed by atoms with Crippen LogP contribution in [0.5, 0.6) is 0 Å². The molecule has 2 rings (SSSR count). The van der Waals surface area contributed by atoms with Gasteiger partial charge in [-0.15, -0.1) is 11.3 Å². The molecule has 2 aromatic heterocycles. The van der Waals surface area contributed by atoms with Gasteiger partial charge in [-0.25, -0.2) is 4.98 Å². The van der Waals surface area contributed by atoms with Gasteiger partial charge in [-0.2, -0.15) is 0 Å². The summed E-state index contributed by atoms with van der Waals surface area (Å²) in [5.74, 6) is 0. The minimum atomic E-state index is 0.0251. The van der Waals surface area contributed by atoms with Gasteiger partial charge >= 0.3 is 0 Å². The molecule has 19 heavy (non-hydrogen) atoms. The summed E-state index contributed by atoms with van der Waals surface area (Å²) in [6.45, 7) is 8.06. The number of nitrogens with two attached hydrogens (primary N) is 1. The second-order valence-electron chi connectivity index (χ2n) is 4.85. The number of anilines is 1. The number of nitrogen functional groups attached to an aromatic ring is 1. The summed E-state index contributed by atoms with van der Waals surface area (Å²) in [5.41, 5.74) is 8.98. The van der Waals surface area contributed by atoms with Gasteiger partial charge in [-0.3, -0.25) is 4.79 Å². The van der Waals surface area contributed by atoms with Crippen LogP contribution in [0.25, 0.3) is 11.3 Å². The van der Waals surface area contributed by atoms with Crippen LogP contribution in [0, 0.1) is 13.8 Å². The van der Waals surface area contributed by atoms with E-state index in [9.17, 15) is 4.79 Å². The fourth-order valence-corrected chi connectivity index (χ4v) is 2.90. The quantitative estimate of drug-likeness (QED) is 0.937. The third kappa shape index (κ3) is 2.42. The number of rotatable bonds is 3. The molecule has 2 heterocycles. The fraction of sp³-hybridized carbons (Fsp3) is 0.429. The van der Waals surface area contributed by atoms with Crippen molar-refractivity contribution >= 4 is 16.5 Å². The van der Waals surface area contributed by atoms with Gasteiger partial charge in [0.2, 0.25) is 0 Å². The molecule has 0 saturated carbocycles. The van der Waals surface area contributed by atoms with E-state index in [-0.39, 0.29) is 11.6 Å². The van der Waals surface area contributed by atoms with E-state index in [0.29, 0.717) is 16.4 Å². The molecule has 0 bridgehead atoms. The summed E-state index contributed by atoms with van der Waals surface area (Å²) < 4.78 is 1.85. The fourth-order valence-electron chi connectivity index (χ4n) is 2.35. The Morgan fingerprint density at radius 1 is 1.47 bits per heavy atom. The molecule has 0 aromatic carbocycles. The molecule has 4 nitrogen and oxygen atoms in total. The molecule has 5 heteroatoms. The van der Waals surface area contributed by atoms with Crippen LogP contribution in [-0.4, -0.2) is 9.55 Å². The molecule has 2 aromatic rings. The van der Waals surface area contributed by atoms with E-state index in [4.69, 9.17) is 5.73 Å². The molecule has 0 radical (unpaired) electrons. The Hall–Kier alpha value is -1.62. The van der Waals surface area contributed by atoms with Gasteiger partial charge < -0.3 is 10.3 Å². The molecule has 0 aliphatic rings. The van der Waals surface area contributed by atoms with Crippen LogP contribution in [0.3, 0.4) is 0 Å². The SMILES string of the molecule is CCC(C)n1c(C)cc(C)c(-c2csc(N)n2)c1=O. The van der Waals surface area contributed by atoms with Gasteiger partial charge in [0, 0.05) is 17.1 Å².